The maximum Gasteiger partial charge on any atom is 0.236 e. The van der Waals surface area contributed by atoms with E-state index in [1.807, 2.05) is 20.8 Å². The normalized spacial score (nSPS) is 14.8. The van der Waals surface area contributed by atoms with Crippen LogP contribution in [0.5, 0.6) is 0 Å². The van der Waals surface area contributed by atoms with Gasteiger partial charge >= 0.3 is 0 Å². The van der Waals surface area contributed by atoms with E-state index >= 15 is 0 Å². The first kappa shape index (κ1) is 9.39. The summed E-state index contributed by atoms with van der Waals surface area (Å²) in [6.45, 7) is 5.67. The van der Waals surface area contributed by atoms with Crippen molar-refractivity contribution in [2.75, 3.05) is 0 Å². The van der Waals surface area contributed by atoms with Gasteiger partial charge in [0.25, 0.3) is 0 Å². The number of nitrogens with one attached hydrogen (secondary N) is 1. The predicted octanol–water partition coefficient (Wildman–Crippen LogP) is -0.650. The molecule has 4 heteroatoms. The molecule has 0 aliphatic heterocycles. The summed E-state index contributed by atoms with van der Waals surface area (Å²) in [5.41, 5.74) is 7.20. The van der Waals surface area contributed by atoms with E-state index in [1.54, 1.807) is 0 Å². The second kappa shape index (κ2) is 2.98. The van der Waals surface area contributed by atoms with E-state index in [0.717, 1.165) is 0 Å². The van der Waals surface area contributed by atoms with Gasteiger partial charge in [0.1, 0.15) is 6.04 Å². The first-order chi connectivity index (χ1) is 4.39. The van der Waals surface area contributed by atoms with Crippen LogP contribution in [0.25, 0.3) is 0 Å². The smallest absolute Gasteiger partial charge is 0.236 e. The van der Waals surface area contributed by atoms with E-state index in [1.165, 1.54) is 0 Å². The van der Waals surface area contributed by atoms with Crippen molar-refractivity contribution in [3.63, 3.8) is 0 Å². The molecule has 0 aliphatic rings. The van der Waals surface area contributed by atoms with Crippen LogP contribution in [0.4, 0.5) is 0 Å². The number of carbonyl (C=O) groups excluding carboxylic acids is 1. The van der Waals surface area contributed by atoms with Gasteiger partial charge < -0.3 is 5.73 Å². The molecule has 4 nitrogen and oxygen atoms in total. The van der Waals surface area contributed by atoms with Crippen LogP contribution in [-0.2, 0) is 4.79 Å². The Morgan fingerprint density at radius 2 is 1.90 bits per heavy atom. The molecule has 0 aromatic rings. The maximum atomic E-state index is 10.7. The molecule has 0 aromatic heterocycles. The van der Waals surface area contributed by atoms with E-state index in [9.17, 15) is 4.79 Å². The van der Waals surface area contributed by atoms with E-state index in [4.69, 9.17) is 11.6 Å². The number of nitrogens with two attached hydrogens (primary N) is 2. The van der Waals surface area contributed by atoms with Gasteiger partial charge in [0, 0.05) is 0 Å². The van der Waals surface area contributed by atoms with Crippen molar-refractivity contribution in [3.05, 3.63) is 0 Å². The Hall–Kier alpha value is -0.610. The monoisotopic (exact) mass is 145 g/mol. The molecule has 0 bridgehead atoms. The lowest BCUT2D eigenvalue weighted by Gasteiger charge is -2.26. The molecule has 1 atom stereocenters. The number of hydrazine groups is 1. The molecule has 0 rings (SSSR count). The molecule has 0 saturated carbocycles. The molecule has 0 radical (unpaired) electrons. The Kier molecular flexibility index (Phi) is 2.80. The molecule has 1 unspecified atom stereocenters. The molecule has 0 aromatic carbocycles. The van der Waals surface area contributed by atoms with Crippen molar-refractivity contribution in [2.24, 2.45) is 17.0 Å². The average molecular weight is 145 g/mol. The third kappa shape index (κ3) is 2.33. The van der Waals surface area contributed by atoms with Crippen LogP contribution in [0.1, 0.15) is 20.8 Å². The molecule has 0 fully saturated rings. The van der Waals surface area contributed by atoms with Crippen LogP contribution < -0.4 is 17.0 Å². The van der Waals surface area contributed by atoms with Crippen LogP contribution in [-0.4, -0.2) is 11.9 Å². The van der Waals surface area contributed by atoms with Gasteiger partial charge in [0.15, 0.2) is 0 Å². The highest BCUT2D eigenvalue weighted by atomic mass is 16.1. The Morgan fingerprint density at radius 3 is 1.90 bits per heavy atom. The highest BCUT2D eigenvalue weighted by Crippen LogP contribution is 2.17. The van der Waals surface area contributed by atoms with Crippen LogP contribution in [0.3, 0.4) is 0 Å². The number of carbonyl (C=O) groups is 1. The lowest BCUT2D eigenvalue weighted by molar-refractivity contribution is -0.122. The van der Waals surface area contributed by atoms with Crippen molar-refractivity contribution in [1.29, 1.82) is 0 Å². The van der Waals surface area contributed by atoms with E-state index in [0.29, 0.717) is 0 Å². The fourth-order valence-electron chi connectivity index (χ4n) is 0.759. The van der Waals surface area contributed by atoms with Crippen LogP contribution >= 0.6 is 0 Å². The summed E-state index contributed by atoms with van der Waals surface area (Å²) in [5.74, 6) is 4.69. The molecule has 10 heavy (non-hydrogen) atoms. The molecule has 5 N–H and O–H groups in total. The first-order valence-corrected chi connectivity index (χ1v) is 3.15. The topological polar surface area (TPSA) is 81.1 Å². The SMILES string of the molecule is CC(C)(C)C(NN)C(N)=O. The molecule has 0 saturated heterocycles. The zero-order chi connectivity index (χ0) is 8.36. The second-order valence-corrected chi connectivity index (χ2v) is 3.37. The van der Waals surface area contributed by atoms with Gasteiger partial charge in [-0.2, -0.15) is 0 Å². The van der Waals surface area contributed by atoms with Crippen molar-refractivity contribution >= 4 is 5.91 Å². The number of amides is 1. The van der Waals surface area contributed by atoms with Gasteiger partial charge in [0.2, 0.25) is 5.91 Å². The van der Waals surface area contributed by atoms with Crippen molar-refractivity contribution in [3.8, 4) is 0 Å². The lowest BCUT2D eigenvalue weighted by atomic mass is 9.87. The zero-order valence-corrected chi connectivity index (χ0v) is 6.64. The third-order valence-electron chi connectivity index (χ3n) is 1.32. The summed E-state index contributed by atoms with van der Waals surface area (Å²) in [4.78, 5) is 10.7. The summed E-state index contributed by atoms with van der Waals surface area (Å²) in [7, 11) is 0. The van der Waals surface area contributed by atoms with E-state index in [-0.39, 0.29) is 5.41 Å². The summed E-state index contributed by atoms with van der Waals surface area (Å²) >= 11 is 0. The Bertz CT molecular complexity index is 127. The summed E-state index contributed by atoms with van der Waals surface area (Å²) in [6, 6.07) is -0.465. The number of primary amides is 1. The van der Waals surface area contributed by atoms with Gasteiger partial charge in [0.05, 0.1) is 0 Å². The largest absolute Gasteiger partial charge is 0.368 e. The fraction of sp³-hybridized carbons (Fsp3) is 0.833. The lowest BCUT2D eigenvalue weighted by Crippen LogP contribution is -2.52. The van der Waals surface area contributed by atoms with Gasteiger partial charge in [-0.3, -0.25) is 10.6 Å². The molecule has 0 spiro atoms. The summed E-state index contributed by atoms with van der Waals surface area (Å²) < 4.78 is 0. The average Bonchev–Trinajstić information content (AvgIpc) is 1.60. The minimum absolute atomic E-state index is 0.222. The van der Waals surface area contributed by atoms with Crippen molar-refractivity contribution in [1.82, 2.24) is 5.43 Å². The van der Waals surface area contributed by atoms with Gasteiger partial charge in [-0.25, -0.2) is 5.43 Å². The molecular formula is C6H15N3O. The highest BCUT2D eigenvalue weighted by Gasteiger charge is 2.27. The summed E-state index contributed by atoms with van der Waals surface area (Å²) in [6.07, 6.45) is 0. The Labute approximate surface area is 60.9 Å². The van der Waals surface area contributed by atoms with Gasteiger partial charge in [-0.1, -0.05) is 20.8 Å². The maximum absolute atomic E-state index is 10.7. The molecular weight excluding hydrogens is 130 g/mol. The predicted molar refractivity (Wildman–Crippen MR) is 39.8 cm³/mol. The second-order valence-electron chi connectivity index (χ2n) is 3.37. The highest BCUT2D eigenvalue weighted by molar-refractivity contribution is 5.80. The Balaban J connectivity index is 4.22. The van der Waals surface area contributed by atoms with E-state index in [2.05, 4.69) is 5.43 Å². The fourth-order valence-corrected chi connectivity index (χ4v) is 0.759. The van der Waals surface area contributed by atoms with Crippen LogP contribution in [0.2, 0.25) is 0 Å². The third-order valence-corrected chi connectivity index (χ3v) is 1.32. The minimum Gasteiger partial charge on any atom is -0.368 e. The van der Waals surface area contributed by atoms with Gasteiger partial charge in [-0.05, 0) is 5.41 Å². The van der Waals surface area contributed by atoms with Crippen LogP contribution in [0.15, 0.2) is 0 Å². The zero-order valence-electron chi connectivity index (χ0n) is 6.64. The number of hydrogen-bond donors (Lipinski definition) is 3. The molecule has 0 aliphatic carbocycles. The number of rotatable bonds is 2. The van der Waals surface area contributed by atoms with Gasteiger partial charge in [-0.15, -0.1) is 0 Å². The Morgan fingerprint density at radius 1 is 1.50 bits per heavy atom. The first-order valence-electron chi connectivity index (χ1n) is 3.15. The minimum atomic E-state index is -0.465. The standard InChI is InChI=1S/C6H15N3O/c1-6(2,3)4(9-8)5(7)10/h4,9H,8H2,1-3H3,(H2,7,10). The molecule has 0 heterocycles. The van der Waals surface area contributed by atoms with Crippen molar-refractivity contribution in [2.45, 2.75) is 26.8 Å². The van der Waals surface area contributed by atoms with E-state index < -0.39 is 11.9 Å². The molecule has 60 valence electrons. The summed E-state index contributed by atoms with van der Waals surface area (Å²) in [5, 5.41) is 0. The van der Waals surface area contributed by atoms with Crippen LogP contribution in [0, 0.1) is 5.41 Å². The quantitative estimate of drug-likeness (QED) is 0.357. The number of hydrogen-bond acceptors (Lipinski definition) is 3. The van der Waals surface area contributed by atoms with Crippen molar-refractivity contribution < 1.29 is 4.79 Å². The molecule has 1 amide bonds.